The molecular formula is C9H11N3O2. The van der Waals surface area contributed by atoms with Crippen molar-refractivity contribution in [3.05, 3.63) is 24.1 Å². The minimum Gasteiger partial charge on any atom is -0.462 e. The van der Waals surface area contributed by atoms with Crippen LogP contribution in [0.4, 0.5) is 5.69 Å². The number of aromatic amines is 1. The Bertz CT molecular complexity index is 419. The average molecular weight is 193 g/mol. The van der Waals surface area contributed by atoms with Gasteiger partial charge in [0, 0.05) is 12.7 Å². The van der Waals surface area contributed by atoms with Gasteiger partial charge in [-0.05, 0) is 6.07 Å². The SMILES string of the molecule is COCc1ccoc1-c1[nH]ncc1N. The molecule has 0 aliphatic heterocycles. The molecule has 0 aliphatic carbocycles. The van der Waals surface area contributed by atoms with Gasteiger partial charge in [0.15, 0.2) is 5.76 Å². The maximum Gasteiger partial charge on any atom is 0.159 e. The Labute approximate surface area is 80.9 Å². The summed E-state index contributed by atoms with van der Waals surface area (Å²) in [5.41, 5.74) is 7.91. The van der Waals surface area contributed by atoms with Crippen molar-refractivity contribution in [1.29, 1.82) is 0 Å². The third-order valence-electron chi connectivity index (χ3n) is 1.94. The van der Waals surface area contributed by atoms with E-state index in [1.807, 2.05) is 6.07 Å². The lowest BCUT2D eigenvalue weighted by Crippen LogP contribution is -1.91. The molecule has 0 spiro atoms. The number of anilines is 1. The number of hydrogen-bond donors (Lipinski definition) is 2. The lowest BCUT2D eigenvalue weighted by Gasteiger charge is -1.99. The number of H-pyrrole nitrogens is 1. The summed E-state index contributed by atoms with van der Waals surface area (Å²) in [6, 6.07) is 1.85. The molecular weight excluding hydrogens is 182 g/mol. The van der Waals surface area contributed by atoms with Crippen molar-refractivity contribution >= 4 is 5.69 Å². The Balaban J connectivity index is 2.41. The molecule has 0 fully saturated rings. The van der Waals surface area contributed by atoms with Gasteiger partial charge in [-0.15, -0.1) is 0 Å². The summed E-state index contributed by atoms with van der Waals surface area (Å²) in [7, 11) is 1.63. The topological polar surface area (TPSA) is 77.1 Å². The highest BCUT2D eigenvalue weighted by atomic mass is 16.5. The van der Waals surface area contributed by atoms with E-state index in [4.69, 9.17) is 14.9 Å². The van der Waals surface area contributed by atoms with Crippen LogP contribution < -0.4 is 5.73 Å². The van der Waals surface area contributed by atoms with Crippen LogP contribution in [0.2, 0.25) is 0 Å². The summed E-state index contributed by atoms with van der Waals surface area (Å²) in [6.45, 7) is 0.490. The fourth-order valence-corrected chi connectivity index (χ4v) is 1.30. The van der Waals surface area contributed by atoms with Gasteiger partial charge in [0.25, 0.3) is 0 Å². The van der Waals surface area contributed by atoms with Crippen LogP contribution in [0.3, 0.4) is 0 Å². The first kappa shape index (κ1) is 8.83. The number of furan rings is 1. The maximum absolute atomic E-state index is 5.70. The Morgan fingerprint density at radius 1 is 1.64 bits per heavy atom. The fourth-order valence-electron chi connectivity index (χ4n) is 1.30. The van der Waals surface area contributed by atoms with Crippen molar-refractivity contribution in [2.45, 2.75) is 6.61 Å². The normalized spacial score (nSPS) is 10.6. The Morgan fingerprint density at radius 3 is 3.14 bits per heavy atom. The molecule has 2 aromatic heterocycles. The van der Waals surface area contributed by atoms with Crippen LogP contribution in [0, 0.1) is 0 Å². The molecule has 2 aromatic rings. The number of ether oxygens (including phenoxy) is 1. The highest BCUT2D eigenvalue weighted by molar-refractivity contribution is 5.69. The van der Waals surface area contributed by atoms with E-state index >= 15 is 0 Å². The Kier molecular flexibility index (Phi) is 2.24. The van der Waals surface area contributed by atoms with Gasteiger partial charge in [0.05, 0.1) is 24.8 Å². The molecule has 0 saturated heterocycles. The lowest BCUT2D eigenvalue weighted by molar-refractivity contribution is 0.185. The Hall–Kier alpha value is -1.75. The number of hydrogen-bond acceptors (Lipinski definition) is 4. The summed E-state index contributed by atoms with van der Waals surface area (Å²) in [5, 5.41) is 6.61. The van der Waals surface area contributed by atoms with Crippen LogP contribution in [-0.4, -0.2) is 17.3 Å². The van der Waals surface area contributed by atoms with Gasteiger partial charge in [-0.25, -0.2) is 0 Å². The number of nitrogens with one attached hydrogen (secondary N) is 1. The van der Waals surface area contributed by atoms with Gasteiger partial charge in [-0.3, -0.25) is 5.10 Å². The smallest absolute Gasteiger partial charge is 0.159 e. The number of nitrogens with two attached hydrogens (primary N) is 1. The predicted molar refractivity (Wildman–Crippen MR) is 51.4 cm³/mol. The molecule has 0 saturated carbocycles. The molecule has 2 rings (SSSR count). The van der Waals surface area contributed by atoms with Gasteiger partial charge in [-0.1, -0.05) is 0 Å². The van der Waals surface area contributed by atoms with Gasteiger partial charge in [0.2, 0.25) is 0 Å². The third kappa shape index (κ3) is 1.38. The quantitative estimate of drug-likeness (QED) is 0.772. The number of nitrogen functional groups attached to an aromatic ring is 1. The van der Waals surface area contributed by atoms with Gasteiger partial charge >= 0.3 is 0 Å². The molecule has 3 N–H and O–H groups in total. The van der Waals surface area contributed by atoms with Crippen molar-refractivity contribution < 1.29 is 9.15 Å². The van der Waals surface area contributed by atoms with Crippen molar-refractivity contribution in [3.63, 3.8) is 0 Å². The van der Waals surface area contributed by atoms with E-state index in [0.717, 1.165) is 5.56 Å². The number of nitrogens with zero attached hydrogens (tertiary/aromatic N) is 1. The molecule has 0 amide bonds. The number of methoxy groups -OCH3 is 1. The molecule has 14 heavy (non-hydrogen) atoms. The van der Waals surface area contributed by atoms with Crippen molar-refractivity contribution in [3.8, 4) is 11.5 Å². The standard InChI is InChI=1S/C9H11N3O2/c1-13-5-6-2-3-14-9(6)8-7(10)4-11-12-8/h2-4H,5,10H2,1H3,(H,11,12). The second-order valence-electron chi connectivity index (χ2n) is 2.91. The van der Waals surface area contributed by atoms with Crippen LogP contribution in [0.25, 0.3) is 11.5 Å². The highest BCUT2D eigenvalue weighted by Crippen LogP contribution is 2.27. The zero-order valence-electron chi connectivity index (χ0n) is 7.78. The van der Waals surface area contributed by atoms with E-state index in [-0.39, 0.29) is 0 Å². The fraction of sp³-hybridized carbons (Fsp3) is 0.222. The largest absolute Gasteiger partial charge is 0.462 e. The highest BCUT2D eigenvalue weighted by Gasteiger charge is 2.13. The number of aromatic nitrogens is 2. The molecule has 0 aliphatic rings. The van der Waals surface area contributed by atoms with Gasteiger partial charge in [-0.2, -0.15) is 5.10 Å². The molecule has 0 unspecified atom stereocenters. The summed E-state index contributed by atoms with van der Waals surface area (Å²) >= 11 is 0. The maximum atomic E-state index is 5.70. The molecule has 0 bridgehead atoms. The van der Waals surface area contributed by atoms with E-state index < -0.39 is 0 Å². The van der Waals surface area contributed by atoms with E-state index in [9.17, 15) is 0 Å². The third-order valence-corrected chi connectivity index (χ3v) is 1.94. The average Bonchev–Trinajstić information content (AvgIpc) is 2.74. The zero-order chi connectivity index (χ0) is 9.97. The van der Waals surface area contributed by atoms with E-state index in [2.05, 4.69) is 10.2 Å². The van der Waals surface area contributed by atoms with Gasteiger partial charge in [0.1, 0.15) is 5.69 Å². The van der Waals surface area contributed by atoms with E-state index in [1.165, 1.54) is 0 Å². The molecule has 5 heteroatoms. The first-order valence-electron chi connectivity index (χ1n) is 4.17. The van der Waals surface area contributed by atoms with Crippen LogP contribution in [0.5, 0.6) is 0 Å². The minimum absolute atomic E-state index is 0.490. The monoisotopic (exact) mass is 193 g/mol. The molecule has 74 valence electrons. The van der Waals surface area contributed by atoms with Gasteiger partial charge < -0.3 is 14.9 Å². The van der Waals surface area contributed by atoms with Crippen LogP contribution in [0.1, 0.15) is 5.56 Å². The summed E-state index contributed by atoms with van der Waals surface area (Å²) in [4.78, 5) is 0. The summed E-state index contributed by atoms with van der Waals surface area (Å²) in [5.74, 6) is 0.682. The summed E-state index contributed by atoms with van der Waals surface area (Å²) < 4.78 is 10.3. The van der Waals surface area contributed by atoms with E-state index in [0.29, 0.717) is 23.7 Å². The molecule has 0 aromatic carbocycles. The zero-order valence-corrected chi connectivity index (χ0v) is 7.78. The molecule has 0 radical (unpaired) electrons. The second kappa shape index (κ2) is 3.55. The molecule has 0 atom stereocenters. The molecule has 5 nitrogen and oxygen atoms in total. The second-order valence-corrected chi connectivity index (χ2v) is 2.91. The number of rotatable bonds is 3. The van der Waals surface area contributed by atoms with Crippen LogP contribution in [-0.2, 0) is 11.3 Å². The summed E-state index contributed by atoms with van der Waals surface area (Å²) in [6.07, 6.45) is 3.15. The molecule has 2 heterocycles. The lowest BCUT2D eigenvalue weighted by atomic mass is 10.2. The predicted octanol–water partition coefficient (Wildman–Crippen LogP) is 1.40. The minimum atomic E-state index is 0.490. The van der Waals surface area contributed by atoms with Crippen LogP contribution in [0.15, 0.2) is 22.9 Å². The van der Waals surface area contributed by atoms with Crippen molar-refractivity contribution in [2.24, 2.45) is 0 Å². The first-order valence-corrected chi connectivity index (χ1v) is 4.17. The van der Waals surface area contributed by atoms with Crippen LogP contribution >= 0.6 is 0 Å². The van der Waals surface area contributed by atoms with Crippen molar-refractivity contribution in [2.75, 3.05) is 12.8 Å². The van der Waals surface area contributed by atoms with E-state index in [1.54, 1.807) is 19.6 Å². The first-order chi connectivity index (χ1) is 6.83. The van der Waals surface area contributed by atoms with Crippen molar-refractivity contribution in [1.82, 2.24) is 10.2 Å². The Morgan fingerprint density at radius 2 is 2.50 bits per heavy atom.